The van der Waals surface area contributed by atoms with E-state index in [1.54, 1.807) is 36.4 Å². The molecule has 0 radical (unpaired) electrons. The average molecular weight is 468 g/mol. The molecule has 3 rings (SSSR count). The zero-order chi connectivity index (χ0) is 21.3. The first kappa shape index (κ1) is 21.1. The van der Waals surface area contributed by atoms with Gasteiger partial charge in [-0.15, -0.1) is 0 Å². The number of hydrogen-bond acceptors (Lipinski definition) is 4. The molecule has 0 fully saturated rings. The Hall–Kier alpha value is -3.65. The number of nitrogens with one attached hydrogen (secondary N) is 2. The lowest BCUT2D eigenvalue weighted by molar-refractivity contribution is 0.0697. The van der Waals surface area contributed by atoms with Crippen molar-refractivity contribution in [1.82, 2.24) is 5.43 Å². The van der Waals surface area contributed by atoms with Crippen molar-refractivity contribution >= 4 is 39.8 Å². The number of hydrazone groups is 1. The van der Waals surface area contributed by atoms with E-state index < -0.39 is 12.0 Å². The average Bonchev–Trinajstić information content (AvgIpc) is 2.73. The van der Waals surface area contributed by atoms with Gasteiger partial charge in [-0.05, 0) is 48.0 Å². The predicted octanol–water partition coefficient (Wildman–Crippen LogP) is 4.88. The Labute approximate surface area is 181 Å². The second kappa shape index (κ2) is 10.2. The Bertz CT molecular complexity index is 1070. The molecule has 152 valence electrons. The van der Waals surface area contributed by atoms with Crippen LogP contribution in [0.4, 0.5) is 10.5 Å². The molecule has 3 N–H and O–H groups in total. The van der Waals surface area contributed by atoms with Crippen LogP contribution >= 0.6 is 15.9 Å². The van der Waals surface area contributed by atoms with E-state index in [2.05, 4.69) is 31.8 Å². The molecular weight excluding hydrogens is 450 g/mol. The van der Waals surface area contributed by atoms with Crippen molar-refractivity contribution in [2.24, 2.45) is 5.10 Å². The molecule has 8 heteroatoms. The number of amides is 2. The fourth-order valence-electron chi connectivity index (χ4n) is 2.51. The van der Waals surface area contributed by atoms with E-state index in [4.69, 9.17) is 9.84 Å². The van der Waals surface area contributed by atoms with Crippen LogP contribution in [0.5, 0.6) is 5.75 Å². The highest BCUT2D eigenvalue weighted by atomic mass is 79.9. The summed E-state index contributed by atoms with van der Waals surface area (Å²) in [7, 11) is 0. The van der Waals surface area contributed by atoms with Crippen molar-refractivity contribution in [3.63, 3.8) is 0 Å². The van der Waals surface area contributed by atoms with Crippen LogP contribution in [0.1, 0.15) is 21.5 Å². The number of halogens is 1. The predicted molar refractivity (Wildman–Crippen MR) is 118 cm³/mol. The third-order valence-electron chi connectivity index (χ3n) is 3.97. The summed E-state index contributed by atoms with van der Waals surface area (Å²) in [6.07, 6.45) is 1.49. The summed E-state index contributed by atoms with van der Waals surface area (Å²) in [6, 6.07) is 20.5. The number of carbonyl (C=O) groups excluding carboxylic acids is 1. The molecule has 0 spiro atoms. The quantitative estimate of drug-likeness (QED) is 0.340. The number of para-hydroxylation sites is 1. The zero-order valence-corrected chi connectivity index (χ0v) is 17.3. The zero-order valence-electron chi connectivity index (χ0n) is 15.7. The Morgan fingerprint density at radius 1 is 1.03 bits per heavy atom. The molecule has 0 aliphatic carbocycles. The fraction of sp³-hybridized carbons (Fsp3) is 0.0455. The second-order valence-corrected chi connectivity index (χ2v) is 7.08. The minimum atomic E-state index is -0.972. The van der Waals surface area contributed by atoms with E-state index in [0.29, 0.717) is 17.0 Å². The van der Waals surface area contributed by atoms with Crippen molar-refractivity contribution in [1.29, 1.82) is 0 Å². The van der Waals surface area contributed by atoms with Gasteiger partial charge in [0.15, 0.2) is 0 Å². The molecule has 0 aliphatic heterocycles. The van der Waals surface area contributed by atoms with Crippen molar-refractivity contribution in [3.8, 4) is 5.75 Å². The molecule has 0 unspecified atom stereocenters. The van der Waals surface area contributed by atoms with Crippen molar-refractivity contribution < 1.29 is 19.4 Å². The van der Waals surface area contributed by atoms with Crippen molar-refractivity contribution in [2.75, 3.05) is 5.32 Å². The number of ether oxygens (including phenoxy) is 1. The van der Waals surface area contributed by atoms with Crippen LogP contribution in [0.15, 0.2) is 82.4 Å². The van der Waals surface area contributed by atoms with E-state index >= 15 is 0 Å². The van der Waals surface area contributed by atoms with Crippen LogP contribution in [0, 0.1) is 0 Å². The SMILES string of the molecule is O=C(N/N=C/c1ccccc1OCc1ccc(C(=O)O)cc1)Nc1cccc(Br)c1. The number of rotatable bonds is 7. The van der Waals surface area contributed by atoms with E-state index in [9.17, 15) is 9.59 Å². The lowest BCUT2D eigenvalue weighted by atomic mass is 10.1. The number of urea groups is 1. The molecule has 2 amide bonds. The molecular formula is C22H18BrN3O4. The first-order valence-corrected chi connectivity index (χ1v) is 9.70. The van der Waals surface area contributed by atoms with Crippen LogP contribution in [-0.4, -0.2) is 23.3 Å². The van der Waals surface area contributed by atoms with E-state index in [1.807, 2.05) is 24.3 Å². The summed E-state index contributed by atoms with van der Waals surface area (Å²) < 4.78 is 6.67. The van der Waals surface area contributed by atoms with Crippen LogP contribution < -0.4 is 15.5 Å². The van der Waals surface area contributed by atoms with Gasteiger partial charge in [-0.25, -0.2) is 15.0 Å². The third kappa shape index (κ3) is 6.18. The van der Waals surface area contributed by atoms with E-state index in [1.165, 1.54) is 18.3 Å². The third-order valence-corrected chi connectivity index (χ3v) is 4.46. The Balaban J connectivity index is 1.57. The first-order valence-electron chi connectivity index (χ1n) is 8.91. The van der Waals surface area contributed by atoms with Crippen LogP contribution in [0.3, 0.4) is 0 Å². The monoisotopic (exact) mass is 467 g/mol. The molecule has 7 nitrogen and oxygen atoms in total. The normalized spacial score (nSPS) is 10.6. The molecule has 0 saturated carbocycles. The minimum Gasteiger partial charge on any atom is -0.488 e. The molecule has 0 bridgehead atoms. The largest absolute Gasteiger partial charge is 0.488 e. The van der Waals surface area contributed by atoms with Crippen molar-refractivity contribution in [3.05, 3.63) is 94.0 Å². The summed E-state index contributed by atoms with van der Waals surface area (Å²) >= 11 is 3.34. The smallest absolute Gasteiger partial charge is 0.339 e. The summed E-state index contributed by atoms with van der Waals surface area (Å²) in [6.45, 7) is 0.265. The number of nitrogens with zero attached hydrogens (tertiary/aromatic N) is 1. The Morgan fingerprint density at radius 3 is 2.53 bits per heavy atom. The number of carbonyl (C=O) groups is 2. The van der Waals surface area contributed by atoms with Gasteiger partial charge in [-0.1, -0.05) is 46.3 Å². The summed E-state index contributed by atoms with van der Waals surface area (Å²) in [5.74, 6) is -0.391. The summed E-state index contributed by atoms with van der Waals surface area (Å²) in [4.78, 5) is 22.9. The standard InChI is InChI=1S/C22H18BrN3O4/c23-18-5-3-6-19(12-18)25-22(29)26-24-13-17-4-1-2-7-20(17)30-14-15-8-10-16(11-9-15)21(27)28/h1-13H,14H2,(H,27,28)(H2,25,26,29)/b24-13+. The number of carboxylic acid groups (broad SMARTS) is 1. The van der Waals surface area contributed by atoms with Gasteiger partial charge in [0.2, 0.25) is 0 Å². The first-order chi connectivity index (χ1) is 14.5. The molecule has 3 aromatic rings. The molecule has 0 heterocycles. The summed E-state index contributed by atoms with van der Waals surface area (Å²) in [5, 5.41) is 15.6. The van der Waals surface area contributed by atoms with Crippen LogP contribution in [0.25, 0.3) is 0 Å². The van der Waals surface area contributed by atoms with Crippen molar-refractivity contribution in [2.45, 2.75) is 6.61 Å². The maximum absolute atomic E-state index is 12.0. The summed E-state index contributed by atoms with van der Waals surface area (Å²) in [5.41, 5.74) is 4.78. The Morgan fingerprint density at radius 2 is 1.80 bits per heavy atom. The maximum atomic E-state index is 12.0. The molecule has 30 heavy (non-hydrogen) atoms. The fourth-order valence-corrected chi connectivity index (χ4v) is 2.91. The minimum absolute atomic E-state index is 0.221. The molecule has 0 aromatic heterocycles. The lowest BCUT2D eigenvalue weighted by Gasteiger charge is -2.09. The van der Waals surface area contributed by atoms with Gasteiger partial charge < -0.3 is 15.2 Å². The number of carboxylic acids is 1. The number of hydrogen-bond donors (Lipinski definition) is 3. The maximum Gasteiger partial charge on any atom is 0.339 e. The van der Waals surface area contributed by atoms with E-state index in [-0.39, 0.29) is 12.2 Å². The number of benzene rings is 3. The van der Waals surface area contributed by atoms with Gasteiger partial charge in [-0.2, -0.15) is 5.10 Å². The Kier molecular flexibility index (Phi) is 7.18. The van der Waals surface area contributed by atoms with Gasteiger partial charge in [0.25, 0.3) is 0 Å². The topological polar surface area (TPSA) is 100 Å². The highest BCUT2D eigenvalue weighted by Crippen LogP contribution is 2.18. The highest BCUT2D eigenvalue weighted by Gasteiger charge is 2.05. The van der Waals surface area contributed by atoms with Gasteiger partial charge >= 0.3 is 12.0 Å². The van der Waals surface area contributed by atoms with Gasteiger partial charge in [0, 0.05) is 15.7 Å². The molecule has 3 aromatic carbocycles. The highest BCUT2D eigenvalue weighted by molar-refractivity contribution is 9.10. The van der Waals surface area contributed by atoms with Crippen LogP contribution in [0.2, 0.25) is 0 Å². The van der Waals surface area contributed by atoms with Crippen LogP contribution in [-0.2, 0) is 6.61 Å². The van der Waals surface area contributed by atoms with E-state index in [0.717, 1.165) is 10.0 Å². The van der Waals surface area contributed by atoms with Gasteiger partial charge in [0.1, 0.15) is 12.4 Å². The molecule has 0 atom stereocenters. The number of anilines is 1. The second-order valence-electron chi connectivity index (χ2n) is 6.16. The lowest BCUT2D eigenvalue weighted by Crippen LogP contribution is -2.24. The molecule has 0 aliphatic rings. The number of aromatic carboxylic acids is 1. The molecule has 0 saturated heterocycles. The van der Waals surface area contributed by atoms with Gasteiger partial charge in [-0.3, -0.25) is 0 Å². The van der Waals surface area contributed by atoms with Gasteiger partial charge in [0.05, 0.1) is 11.8 Å².